The van der Waals surface area contributed by atoms with Crippen LogP contribution >= 0.6 is 0 Å². The second-order valence-electron chi connectivity index (χ2n) is 7.86. The molecular formula is C20H24N2O6. The number of hydrogen-bond acceptors (Lipinski definition) is 5. The van der Waals surface area contributed by atoms with E-state index in [1.54, 1.807) is 23.1 Å². The van der Waals surface area contributed by atoms with Gasteiger partial charge in [-0.15, -0.1) is 0 Å². The molecule has 1 aromatic rings. The zero-order valence-corrected chi connectivity index (χ0v) is 15.8. The Morgan fingerprint density at radius 2 is 1.79 bits per heavy atom. The normalized spacial score (nSPS) is 23.0. The molecule has 2 amide bonds. The van der Waals surface area contributed by atoms with Gasteiger partial charge in [0.2, 0.25) is 5.91 Å². The van der Waals surface area contributed by atoms with E-state index in [0.717, 1.165) is 0 Å². The number of rotatable bonds is 2. The highest BCUT2D eigenvalue weighted by Gasteiger charge is 2.49. The maximum atomic E-state index is 12.9. The largest absolute Gasteiger partial charge is 0.486 e. The molecule has 1 N–H and O–H groups in total. The number of carbonyl (C=O) groups is 3. The number of carboxylic acid groups (broad SMARTS) is 1. The minimum Gasteiger partial charge on any atom is -0.486 e. The SMILES string of the molecule is CC(=O)N1CC2(CCN(C(=O)c3ccc4c(c3)OCCO4)CC2)C[C@H]1C(=O)O. The van der Waals surface area contributed by atoms with Crippen LogP contribution in [0, 0.1) is 5.41 Å². The summed E-state index contributed by atoms with van der Waals surface area (Å²) in [7, 11) is 0. The van der Waals surface area contributed by atoms with Crippen molar-refractivity contribution in [3.63, 3.8) is 0 Å². The lowest BCUT2D eigenvalue weighted by molar-refractivity contribution is -0.147. The number of amides is 2. The summed E-state index contributed by atoms with van der Waals surface area (Å²) in [4.78, 5) is 39.5. The smallest absolute Gasteiger partial charge is 0.326 e. The number of likely N-dealkylation sites (tertiary alicyclic amines) is 2. The van der Waals surface area contributed by atoms with Gasteiger partial charge in [-0.05, 0) is 42.9 Å². The van der Waals surface area contributed by atoms with Gasteiger partial charge in [-0.1, -0.05) is 0 Å². The Bertz CT molecular complexity index is 791. The summed E-state index contributed by atoms with van der Waals surface area (Å²) in [5.74, 6) is 0.00195. The van der Waals surface area contributed by atoms with Crippen molar-refractivity contribution in [3.05, 3.63) is 23.8 Å². The molecule has 2 fully saturated rings. The number of hydrogen-bond donors (Lipinski definition) is 1. The Morgan fingerprint density at radius 3 is 2.39 bits per heavy atom. The van der Waals surface area contributed by atoms with Crippen LogP contribution in [0.3, 0.4) is 0 Å². The molecule has 2 saturated heterocycles. The molecule has 8 nitrogen and oxygen atoms in total. The summed E-state index contributed by atoms with van der Waals surface area (Å²) in [6, 6.07) is 4.45. The van der Waals surface area contributed by atoms with Crippen LogP contribution in [-0.4, -0.2) is 71.6 Å². The zero-order chi connectivity index (χ0) is 19.9. The van der Waals surface area contributed by atoms with Gasteiger partial charge in [0.05, 0.1) is 0 Å². The summed E-state index contributed by atoms with van der Waals surface area (Å²) in [5.41, 5.74) is 0.332. The van der Waals surface area contributed by atoms with E-state index >= 15 is 0 Å². The van der Waals surface area contributed by atoms with Crippen LogP contribution in [-0.2, 0) is 9.59 Å². The molecule has 3 aliphatic rings. The second-order valence-corrected chi connectivity index (χ2v) is 7.86. The maximum Gasteiger partial charge on any atom is 0.326 e. The molecule has 1 aromatic carbocycles. The van der Waals surface area contributed by atoms with Crippen molar-refractivity contribution >= 4 is 17.8 Å². The molecule has 0 saturated carbocycles. The van der Waals surface area contributed by atoms with Gasteiger partial charge in [0.25, 0.3) is 5.91 Å². The maximum absolute atomic E-state index is 12.9. The lowest BCUT2D eigenvalue weighted by Gasteiger charge is -2.39. The number of fused-ring (bicyclic) bond motifs is 1. The molecule has 0 aliphatic carbocycles. The van der Waals surface area contributed by atoms with Crippen LogP contribution in [0.25, 0.3) is 0 Å². The number of nitrogens with zero attached hydrogens (tertiary/aromatic N) is 2. The van der Waals surface area contributed by atoms with E-state index < -0.39 is 12.0 Å². The first-order valence-corrected chi connectivity index (χ1v) is 9.57. The third-order valence-corrected chi connectivity index (χ3v) is 6.10. The summed E-state index contributed by atoms with van der Waals surface area (Å²) < 4.78 is 11.1. The fourth-order valence-corrected chi connectivity index (χ4v) is 4.51. The topological polar surface area (TPSA) is 96.4 Å². The van der Waals surface area contributed by atoms with E-state index in [9.17, 15) is 19.5 Å². The Morgan fingerprint density at radius 1 is 1.11 bits per heavy atom. The Kier molecular flexibility index (Phi) is 4.64. The third-order valence-electron chi connectivity index (χ3n) is 6.10. The predicted octanol–water partition coefficient (Wildman–Crippen LogP) is 1.39. The highest BCUT2D eigenvalue weighted by atomic mass is 16.6. The highest BCUT2D eigenvalue weighted by Crippen LogP contribution is 2.44. The first-order valence-electron chi connectivity index (χ1n) is 9.57. The van der Waals surface area contributed by atoms with Gasteiger partial charge in [-0.2, -0.15) is 0 Å². The zero-order valence-electron chi connectivity index (χ0n) is 15.8. The number of carboxylic acids is 1. The van der Waals surface area contributed by atoms with Gasteiger partial charge in [0, 0.05) is 32.1 Å². The Labute approximate surface area is 163 Å². The van der Waals surface area contributed by atoms with Crippen molar-refractivity contribution in [2.24, 2.45) is 5.41 Å². The Hall–Kier alpha value is -2.77. The lowest BCUT2D eigenvalue weighted by atomic mass is 9.76. The van der Waals surface area contributed by atoms with Crippen molar-refractivity contribution in [2.75, 3.05) is 32.8 Å². The van der Waals surface area contributed by atoms with Gasteiger partial charge in [0.15, 0.2) is 11.5 Å². The summed E-state index contributed by atoms with van der Waals surface area (Å²) in [6.45, 7) is 3.93. The molecule has 0 radical (unpaired) electrons. The number of aliphatic carboxylic acids is 1. The molecule has 0 bridgehead atoms. The highest BCUT2D eigenvalue weighted by molar-refractivity contribution is 5.95. The van der Waals surface area contributed by atoms with Crippen LogP contribution < -0.4 is 9.47 Å². The van der Waals surface area contributed by atoms with E-state index in [4.69, 9.17) is 9.47 Å². The van der Waals surface area contributed by atoms with E-state index in [1.807, 2.05) is 0 Å². The van der Waals surface area contributed by atoms with E-state index in [1.165, 1.54) is 11.8 Å². The standard InChI is InChI=1S/C20H24N2O6/c1-13(23)22-12-20(11-15(22)19(25)26)4-6-21(7-5-20)18(24)14-2-3-16-17(10-14)28-9-8-27-16/h2-3,10,15H,4-9,11-12H2,1H3,(H,25,26)/t15-/m0/s1. The van der Waals surface area contributed by atoms with Gasteiger partial charge >= 0.3 is 5.97 Å². The second kappa shape index (κ2) is 7.00. The van der Waals surface area contributed by atoms with Crippen molar-refractivity contribution < 1.29 is 29.0 Å². The van der Waals surface area contributed by atoms with Crippen LogP contribution in [0.5, 0.6) is 11.5 Å². The van der Waals surface area contributed by atoms with Gasteiger partial charge in [-0.25, -0.2) is 4.79 Å². The van der Waals surface area contributed by atoms with Crippen LogP contribution in [0.2, 0.25) is 0 Å². The Balaban J connectivity index is 1.43. The van der Waals surface area contributed by atoms with Gasteiger partial charge < -0.3 is 24.4 Å². The molecule has 8 heteroatoms. The van der Waals surface area contributed by atoms with Gasteiger partial charge in [0.1, 0.15) is 19.3 Å². The fraction of sp³-hybridized carbons (Fsp3) is 0.550. The first kappa shape index (κ1) is 18.6. The molecule has 3 heterocycles. The van der Waals surface area contributed by atoms with Gasteiger partial charge in [-0.3, -0.25) is 9.59 Å². The minimum atomic E-state index is -0.957. The van der Waals surface area contributed by atoms with Crippen LogP contribution in [0.1, 0.15) is 36.5 Å². The number of piperidine rings is 1. The molecule has 28 heavy (non-hydrogen) atoms. The minimum absolute atomic E-state index is 0.0666. The average Bonchev–Trinajstić information content (AvgIpc) is 3.07. The third kappa shape index (κ3) is 3.27. The van der Waals surface area contributed by atoms with Crippen molar-refractivity contribution in [1.29, 1.82) is 0 Å². The summed E-state index contributed by atoms with van der Waals surface area (Å²) in [6.07, 6.45) is 1.83. The van der Waals surface area contributed by atoms with Crippen LogP contribution in [0.4, 0.5) is 0 Å². The molecular weight excluding hydrogens is 364 g/mol. The van der Waals surface area contributed by atoms with E-state index in [2.05, 4.69) is 0 Å². The first-order chi connectivity index (χ1) is 13.4. The molecule has 4 rings (SSSR count). The predicted molar refractivity (Wildman–Crippen MR) is 98.4 cm³/mol. The van der Waals surface area contributed by atoms with Crippen molar-refractivity contribution in [3.8, 4) is 11.5 Å². The quantitative estimate of drug-likeness (QED) is 0.822. The van der Waals surface area contributed by atoms with Crippen molar-refractivity contribution in [1.82, 2.24) is 9.80 Å². The van der Waals surface area contributed by atoms with Crippen LogP contribution in [0.15, 0.2) is 18.2 Å². The number of ether oxygens (including phenoxy) is 2. The molecule has 0 unspecified atom stereocenters. The molecule has 3 aliphatic heterocycles. The number of benzene rings is 1. The van der Waals surface area contributed by atoms with E-state index in [0.29, 0.717) is 69.2 Å². The lowest BCUT2D eigenvalue weighted by Crippen LogP contribution is -2.44. The fourth-order valence-electron chi connectivity index (χ4n) is 4.51. The van der Waals surface area contributed by atoms with Crippen molar-refractivity contribution in [2.45, 2.75) is 32.2 Å². The summed E-state index contributed by atoms with van der Waals surface area (Å²) >= 11 is 0. The molecule has 1 spiro atoms. The molecule has 1 atom stereocenters. The monoisotopic (exact) mass is 388 g/mol. The molecule has 150 valence electrons. The summed E-state index contributed by atoms with van der Waals surface area (Å²) in [5, 5.41) is 9.45. The number of carbonyl (C=O) groups excluding carboxylic acids is 2. The molecule has 0 aromatic heterocycles. The van der Waals surface area contributed by atoms with E-state index in [-0.39, 0.29) is 17.2 Å². The average molecular weight is 388 g/mol.